The topological polar surface area (TPSA) is 63.7 Å². The molecule has 19 heavy (non-hydrogen) atoms. The molecule has 0 spiro atoms. The minimum Gasteiger partial charge on any atom is -0.468 e. The quantitative estimate of drug-likeness (QED) is 0.776. The molecule has 0 amide bonds. The van der Waals surface area contributed by atoms with E-state index in [0.717, 1.165) is 23.5 Å². The second-order valence-electron chi connectivity index (χ2n) is 3.58. The summed E-state index contributed by atoms with van der Waals surface area (Å²) in [6.45, 7) is 1.07. The predicted molar refractivity (Wildman–Crippen MR) is 67.9 cm³/mol. The summed E-state index contributed by atoms with van der Waals surface area (Å²) in [6.07, 6.45) is 0. The van der Waals surface area contributed by atoms with Gasteiger partial charge in [-0.2, -0.15) is 4.31 Å². The zero-order valence-corrected chi connectivity index (χ0v) is 12.0. The van der Waals surface area contributed by atoms with Gasteiger partial charge in [0.15, 0.2) is 0 Å². The summed E-state index contributed by atoms with van der Waals surface area (Å²) in [7, 11) is -2.96. The van der Waals surface area contributed by atoms with Crippen molar-refractivity contribution in [1.29, 1.82) is 0 Å². The van der Waals surface area contributed by atoms with Crippen molar-refractivity contribution in [2.45, 2.75) is 11.8 Å². The van der Waals surface area contributed by atoms with Crippen LogP contribution in [-0.4, -0.2) is 38.9 Å². The van der Waals surface area contributed by atoms with Crippen LogP contribution >= 0.6 is 11.6 Å². The Bertz CT molecular complexity index is 576. The van der Waals surface area contributed by atoms with Crippen LogP contribution in [-0.2, 0) is 19.6 Å². The van der Waals surface area contributed by atoms with Crippen molar-refractivity contribution >= 4 is 27.6 Å². The Balaban J connectivity index is 3.17. The molecule has 0 N–H and O–H groups in total. The van der Waals surface area contributed by atoms with Crippen LogP contribution < -0.4 is 0 Å². The predicted octanol–water partition coefficient (Wildman–Crippen LogP) is 1.66. The standard InChI is InChI=1S/C11H13ClFNO4S/c1-3-14(7-11(15)18-2)19(16,17)10-5-4-8(12)6-9(10)13/h4-6H,3,7H2,1-2H3. The molecule has 0 aliphatic rings. The van der Waals surface area contributed by atoms with Crippen LogP contribution in [0.3, 0.4) is 0 Å². The fraction of sp³-hybridized carbons (Fsp3) is 0.364. The fourth-order valence-corrected chi connectivity index (χ4v) is 3.00. The molecule has 0 saturated heterocycles. The Labute approximate surface area is 116 Å². The van der Waals surface area contributed by atoms with Gasteiger partial charge in [0.05, 0.1) is 7.11 Å². The second kappa shape index (κ2) is 6.31. The third-order valence-electron chi connectivity index (χ3n) is 2.40. The van der Waals surface area contributed by atoms with Crippen molar-refractivity contribution in [1.82, 2.24) is 4.31 Å². The summed E-state index contributed by atoms with van der Waals surface area (Å²) in [6, 6.07) is 3.23. The van der Waals surface area contributed by atoms with Gasteiger partial charge in [-0.15, -0.1) is 0 Å². The third-order valence-corrected chi connectivity index (χ3v) is 4.59. The van der Waals surface area contributed by atoms with E-state index in [4.69, 9.17) is 11.6 Å². The van der Waals surface area contributed by atoms with E-state index in [1.165, 1.54) is 13.0 Å². The highest BCUT2D eigenvalue weighted by Gasteiger charge is 2.28. The van der Waals surface area contributed by atoms with Crippen molar-refractivity contribution in [2.75, 3.05) is 20.2 Å². The summed E-state index contributed by atoms with van der Waals surface area (Å²) in [5.41, 5.74) is 0. The van der Waals surface area contributed by atoms with Crippen LogP contribution in [0.2, 0.25) is 5.02 Å². The molecule has 1 aromatic carbocycles. The molecule has 106 valence electrons. The number of rotatable bonds is 5. The van der Waals surface area contributed by atoms with Crippen LogP contribution in [0.1, 0.15) is 6.92 Å². The maximum atomic E-state index is 13.7. The largest absolute Gasteiger partial charge is 0.468 e. The highest BCUT2D eigenvalue weighted by Crippen LogP contribution is 2.22. The van der Waals surface area contributed by atoms with Gasteiger partial charge in [0.1, 0.15) is 17.3 Å². The maximum absolute atomic E-state index is 13.7. The Morgan fingerprint density at radius 2 is 2.11 bits per heavy atom. The molecule has 0 heterocycles. The normalized spacial score (nSPS) is 11.6. The van der Waals surface area contributed by atoms with Gasteiger partial charge in [0.2, 0.25) is 10.0 Å². The molecule has 0 aliphatic heterocycles. The van der Waals surface area contributed by atoms with Crippen LogP contribution in [0.15, 0.2) is 23.1 Å². The van der Waals surface area contributed by atoms with E-state index in [2.05, 4.69) is 4.74 Å². The molecular weight excluding hydrogens is 297 g/mol. The number of hydrogen-bond acceptors (Lipinski definition) is 4. The minimum atomic E-state index is -4.10. The van der Waals surface area contributed by atoms with Crippen LogP contribution in [0.5, 0.6) is 0 Å². The minimum absolute atomic E-state index is 0.0134. The molecule has 1 aromatic rings. The van der Waals surface area contributed by atoms with Crippen molar-refractivity contribution in [2.24, 2.45) is 0 Å². The van der Waals surface area contributed by atoms with E-state index in [1.807, 2.05) is 0 Å². The van der Waals surface area contributed by atoms with Gasteiger partial charge in [-0.05, 0) is 18.2 Å². The number of sulfonamides is 1. The van der Waals surface area contributed by atoms with Crippen molar-refractivity contribution < 1.29 is 22.3 Å². The number of ether oxygens (including phenoxy) is 1. The first kappa shape index (κ1) is 15.9. The first-order valence-electron chi connectivity index (χ1n) is 5.35. The number of carbonyl (C=O) groups excluding carboxylic acids is 1. The Kier molecular flexibility index (Phi) is 5.28. The number of halogens is 2. The molecule has 5 nitrogen and oxygen atoms in total. The van der Waals surface area contributed by atoms with Crippen molar-refractivity contribution in [3.8, 4) is 0 Å². The van der Waals surface area contributed by atoms with Gasteiger partial charge >= 0.3 is 5.97 Å². The lowest BCUT2D eigenvalue weighted by atomic mass is 10.3. The third kappa shape index (κ3) is 3.65. The summed E-state index contributed by atoms with van der Waals surface area (Å²) < 4.78 is 43.2. The SMILES string of the molecule is CCN(CC(=O)OC)S(=O)(=O)c1ccc(Cl)cc1F. The molecule has 0 saturated carbocycles. The van der Waals surface area contributed by atoms with Gasteiger partial charge < -0.3 is 4.74 Å². The first-order chi connectivity index (χ1) is 8.82. The van der Waals surface area contributed by atoms with E-state index in [-0.39, 0.29) is 11.6 Å². The molecule has 8 heteroatoms. The molecule has 0 unspecified atom stereocenters. The van der Waals surface area contributed by atoms with E-state index >= 15 is 0 Å². The van der Waals surface area contributed by atoms with E-state index in [0.29, 0.717) is 0 Å². The number of esters is 1. The van der Waals surface area contributed by atoms with Crippen LogP contribution in [0.4, 0.5) is 4.39 Å². The summed E-state index contributed by atoms with van der Waals surface area (Å²) in [4.78, 5) is 10.6. The molecule has 1 rings (SSSR count). The van der Waals surface area contributed by atoms with Gasteiger partial charge in [-0.1, -0.05) is 18.5 Å². The summed E-state index contributed by atoms with van der Waals surface area (Å²) >= 11 is 5.56. The number of likely N-dealkylation sites (N-methyl/N-ethyl adjacent to an activating group) is 1. The lowest BCUT2D eigenvalue weighted by Crippen LogP contribution is -2.36. The molecule has 0 aromatic heterocycles. The summed E-state index contributed by atoms with van der Waals surface area (Å²) in [5, 5.41) is 0.0902. The maximum Gasteiger partial charge on any atom is 0.321 e. The number of nitrogens with zero attached hydrogens (tertiary/aromatic N) is 1. The summed E-state index contributed by atoms with van der Waals surface area (Å²) in [5.74, 6) is -1.68. The number of carbonyl (C=O) groups is 1. The zero-order valence-electron chi connectivity index (χ0n) is 10.4. The van der Waals surface area contributed by atoms with Gasteiger partial charge in [-0.25, -0.2) is 12.8 Å². The van der Waals surface area contributed by atoms with E-state index in [9.17, 15) is 17.6 Å². The van der Waals surface area contributed by atoms with Gasteiger partial charge in [0, 0.05) is 11.6 Å². The van der Waals surface area contributed by atoms with Crippen molar-refractivity contribution in [3.05, 3.63) is 29.0 Å². The smallest absolute Gasteiger partial charge is 0.321 e. The molecule has 0 bridgehead atoms. The highest BCUT2D eigenvalue weighted by atomic mass is 35.5. The monoisotopic (exact) mass is 309 g/mol. The number of hydrogen-bond donors (Lipinski definition) is 0. The molecule has 0 atom stereocenters. The molecule has 0 fully saturated rings. The average Bonchev–Trinajstić information content (AvgIpc) is 2.34. The Hall–Kier alpha value is -1.18. The highest BCUT2D eigenvalue weighted by molar-refractivity contribution is 7.89. The van der Waals surface area contributed by atoms with E-state index < -0.39 is 33.3 Å². The van der Waals surface area contributed by atoms with Crippen LogP contribution in [0.25, 0.3) is 0 Å². The lowest BCUT2D eigenvalue weighted by Gasteiger charge is -2.19. The van der Waals surface area contributed by atoms with Gasteiger partial charge in [0.25, 0.3) is 0 Å². The average molecular weight is 310 g/mol. The van der Waals surface area contributed by atoms with E-state index in [1.54, 1.807) is 0 Å². The Morgan fingerprint density at radius 3 is 2.58 bits per heavy atom. The van der Waals surface area contributed by atoms with Crippen molar-refractivity contribution in [3.63, 3.8) is 0 Å². The molecule has 0 radical (unpaired) electrons. The van der Waals surface area contributed by atoms with Crippen LogP contribution in [0, 0.1) is 5.82 Å². The zero-order chi connectivity index (χ0) is 14.6. The fourth-order valence-electron chi connectivity index (χ4n) is 1.40. The number of methoxy groups -OCH3 is 1. The molecular formula is C11H13ClFNO4S. The molecule has 0 aliphatic carbocycles. The first-order valence-corrected chi connectivity index (χ1v) is 7.16. The lowest BCUT2D eigenvalue weighted by molar-refractivity contribution is -0.140. The second-order valence-corrected chi connectivity index (χ2v) is 5.92. The van der Waals surface area contributed by atoms with Gasteiger partial charge in [-0.3, -0.25) is 4.79 Å². The Morgan fingerprint density at radius 1 is 1.47 bits per heavy atom. The number of benzene rings is 1.